The molecule has 0 aliphatic rings. The van der Waals surface area contributed by atoms with Gasteiger partial charge in [0.05, 0.1) is 6.07 Å². The highest BCUT2D eigenvalue weighted by Crippen LogP contribution is 2.08. The van der Waals surface area contributed by atoms with Crippen LogP contribution in [0.1, 0.15) is 65.2 Å². The molecular weight excluding hydrogens is 200 g/mol. The highest BCUT2D eigenvalue weighted by atomic mass is 16.1. The summed E-state index contributed by atoms with van der Waals surface area (Å²) in [4.78, 5) is 11.3. The van der Waals surface area contributed by atoms with E-state index in [4.69, 9.17) is 5.26 Å². The molecule has 3 heteroatoms. The Labute approximate surface area is 99.2 Å². The molecule has 0 fully saturated rings. The van der Waals surface area contributed by atoms with E-state index in [1.165, 1.54) is 32.1 Å². The van der Waals surface area contributed by atoms with Crippen LogP contribution >= 0.6 is 0 Å². The number of amides is 1. The summed E-state index contributed by atoms with van der Waals surface area (Å²) in [5.41, 5.74) is 0. The molecule has 3 nitrogen and oxygen atoms in total. The van der Waals surface area contributed by atoms with E-state index < -0.39 is 0 Å². The highest BCUT2D eigenvalue weighted by Gasteiger charge is 2.04. The number of carbonyl (C=O) groups excluding carboxylic acids is 1. The van der Waals surface area contributed by atoms with Gasteiger partial charge < -0.3 is 5.32 Å². The van der Waals surface area contributed by atoms with E-state index in [9.17, 15) is 4.79 Å². The molecule has 16 heavy (non-hydrogen) atoms. The first-order chi connectivity index (χ1) is 7.70. The summed E-state index contributed by atoms with van der Waals surface area (Å²) in [5.74, 6) is 0.00241. The van der Waals surface area contributed by atoms with Crippen LogP contribution < -0.4 is 5.32 Å². The molecule has 0 aromatic rings. The molecule has 0 saturated carbocycles. The average Bonchev–Trinajstić information content (AvgIpc) is 2.27. The van der Waals surface area contributed by atoms with Gasteiger partial charge in [0, 0.05) is 6.42 Å². The van der Waals surface area contributed by atoms with Gasteiger partial charge in [-0.15, -0.1) is 0 Å². The molecule has 0 bridgehead atoms. The molecule has 0 rings (SSSR count). The van der Waals surface area contributed by atoms with Gasteiger partial charge in [-0.3, -0.25) is 4.79 Å². The van der Waals surface area contributed by atoms with Crippen LogP contribution in [0.3, 0.4) is 0 Å². The van der Waals surface area contributed by atoms with Crippen LogP contribution in [0.4, 0.5) is 0 Å². The molecule has 0 heterocycles. The van der Waals surface area contributed by atoms with Gasteiger partial charge in [0.25, 0.3) is 0 Å². The molecule has 1 atom stereocenters. The Balaban J connectivity index is 3.25. The zero-order chi connectivity index (χ0) is 12.2. The second kappa shape index (κ2) is 10.5. The van der Waals surface area contributed by atoms with Crippen LogP contribution in [0.15, 0.2) is 0 Å². The molecule has 0 aliphatic heterocycles. The smallest absolute Gasteiger partial charge is 0.221 e. The van der Waals surface area contributed by atoms with Crippen molar-refractivity contribution in [2.75, 3.05) is 0 Å². The van der Waals surface area contributed by atoms with Crippen molar-refractivity contribution in [3.8, 4) is 6.07 Å². The van der Waals surface area contributed by atoms with Gasteiger partial charge in [0.1, 0.15) is 6.04 Å². The fourth-order valence-corrected chi connectivity index (χ4v) is 1.59. The quantitative estimate of drug-likeness (QED) is 0.612. The van der Waals surface area contributed by atoms with Gasteiger partial charge in [0.2, 0.25) is 5.91 Å². The number of nitriles is 1. The number of hydrogen-bond donors (Lipinski definition) is 1. The van der Waals surface area contributed by atoms with Gasteiger partial charge in [-0.2, -0.15) is 5.26 Å². The maximum absolute atomic E-state index is 11.3. The Kier molecular flexibility index (Phi) is 9.80. The summed E-state index contributed by atoms with van der Waals surface area (Å²) in [6.45, 7) is 3.91. The van der Waals surface area contributed by atoms with Gasteiger partial charge in [-0.1, -0.05) is 45.4 Å². The predicted octanol–water partition coefficient (Wildman–Crippen LogP) is 3.16. The second-order valence-electron chi connectivity index (χ2n) is 4.29. The van der Waals surface area contributed by atoms with Crippen LogP contribution in [-0.4, -0.2) is 11.9 Å². The first-order valence-corrected chi connectivity index (χ1v) is 6.39. The predicted molar refractivity (Wildman–Crippen MR) is 65.8 cm³/mol. The van der Waals surface area contributed by atoms with Crippen molar-refractivity contribution >= 4 is 5.91 Å². The van der Waals surface area contributed by atoms with E-state index in [2.05, 4.69) is 12.2 Å². The van der Waals surface area contributed by atoms with E-state index in [1.807, 2.05) is 6.07 Å². The molecule has 92 valence electrons. The van der Waals surface area contributed by atoms with E-state index in [0.717, 1.165) is 12.8 Å². The fraction of sp³-hybridized carbons (Fsp3) is 0.846. The van der Waals surface area contributed by atoms with Crippen LogP contribution in [0.2, 0.25) is 0 Å². The zero-order valence-corrected chi connectivity index (χ0v) is 10.6. The van der Waals surface area contributed by atoms with Gasteiger partial charge in [-0.25, -0.2) is 0 Å². The first-order valence-electron chi connectivity index (χ1n) is 6.39. The van der Waals surface area contributed by atoms with Crippen molar-refractivity contribution < 1.29 is 4.79 Å². The van der Waals surface area contributed by atoms with E-state index in [1.54, 1.807) is 6.92 Å². The van der Waals surface area contributed by atoms with Crippen molar-refractivity contribution in [2.45, 2.75) is 71.3 Å². The minimum atomic E-state index is -0.364. The normalized spacial score (nSPS) is 11.8. The molecule has 0 unspecified atom stereocenters. The third kappa shape index (κ3) is 9.51. The zero-order valence-electron chi connectivity index (χ0n) is 10.6. The van der Waals surface area contributed by atoms with Crippen molar-refractivity contribution in [3.63, 3.8) is 0 Å². The summed E-state index contributed by atoms with van der Waals surface area (Å²) in [7, 11) is 0. The number of unbranched alkanes of at least 4 members (excludes halogenated alkanes) is 6. The van der Waals surface area contributed by atoms with Crippen molar-refractivity contribution in [2.24, 2.45) is 0 Å². The first kappa shape index (κ1) is 15.0. The Morgan fingerprint density at radius 3 is 2.31 bits per heavy atom. The standard InChI is InChI=1S/C13H24N2O/c1-3-4-5-6-7-8-9-10-13(16)15-12(2)11-14/h12H,3-10H2,1-2H3,(H,15,16)/t12-/m0/s1. The minimum absolute atomic E-state index is 0.00241. The Bertz CT molecular complexity index is 220. The number of carbonyl (C=O) groups is 1. The number of hydrogen-bond acceptors (Lipinski definition) is 2. The lowest BCUT2D eigenvalue weighted by Crippen LogP contribution is -2.30. The lowest BCUT2D eigenvalue weighted by molar-refractivity contribution is -0.121. The molecule has 0 saturated heterocycles. The van der Waals surface area contributed by atoms with Gasteiger partial charge >= 0.3 is 0 Å². The fourth-order valence-electron chi connectivity index (χ4n) is 1.59. The average molecular weight is 224 g/mol. The van der Waals surface area contributed by atoms with Crippen molar-refractivity contribution in [1.29, 1.82) is 5.26 Å². The maximum atomic E-state index is 11.3. The number of nitrogens with one attached hydrogen (secondary N) is 1. The SMILES string of the molecule is CCCCCCCCCC(=O)N[C@@H](C)C#N. The van der Waals surface area contributed by atoms with Crippen LogP contribution in [0.25, 0.3) is 0 Å². The molecule has 1 amide bonds. The van der Waals surface area contributed by atoms with Gasteiger partial charge in [0.15, 0.2) is 0 Å². The van der Waals surface area contributed by atoms with Gasteiger partial charge in [-0.05, 0) is 13.3 Å². The largest absolute Gasteiger partial charge is 0.341 e. The third-order valence-electron chi connectivity index (χ3n) is 2.58. The van der Waals surface area contributed by atoms with Crippen LogP contribution in [0, 0.1) is 11.3 Å². The molecular formula is C13H24N2O. The highest BCUT2D eigenvalue weighted by molar-refractivity contribution is 5.76. The number of nitrogens with zero attached hydrogens (tertiary/aromatic N) is 1. The second-order valence-corrected chi connectivity index (χ2v) is 4.29. The molecule has 0 spiro atoms. The van der Waals surface area contributed by atoms with Crippen LogP contribution in [-0.2, 0) is 4.79 Å². The molecule has 0 aliphatic carbocycles. The van der Waals surface area contributed by atoms with E-state index >= 15 is 0 Å². The molecule has 0 radical (unpaired) electrons. The Morgan fingerprint density at radius 2 is 1.75 bits per heavy atom. The van der Waals surface area contributed by atoms with E-state index in [0.29, 0.717) is 6.42 Å². The lowest BCUT2D eigenvalue weighted by atomic mass is 10.1. The molecule has 0 aromatic heterocycles. The summed E-state index contributed by atoms with van der Waals surface area (Å²) in [5, 5.41) is 11.2. The van der Waals surface area contributed by atoms with Crippen molar-refractivity contribution in [1.82, 2.24) is 5.32 Å². The lowest BCUT2D eigenvalue weighted by Gasteiger charge is -2.05. The molecule has 0 aromatic carbocycles. The van der Waals surface area contributed by atoms with Crippen LogP contribution in [0.5, 0.6) is 0 Å². The third-order valence-corrected chi connectivity index (χ3v) is 2.58. The maximum Gasteiger partial charge on any atom is 0.221 e. The summed E-state index contributed by atoms with van der Waals surface area (Å²) in [6, 6.07) is 1.62. The molecule has 1 N–H and O–H groups in total. The Hall–Kier alpha value is -1.04. The summed E-state index contributed by atoms with van der Waals surface area (Å²) < 4.78 is 0. The number of rotatable bonds is 9. The summed E-state index contributed by atoms with van der Waals surface area (Å²) in [6.07, 6.45) is 9.03. The topological polar surface area (TPSA) is 52.9 Å². The monoisotopic (exact) mass is 224 g/mol. The minimum Gasteiger partial charge on any atom is -0.341 e. The Morgan fingerprint density at radius 1 is 1.19 bits per heavy atom. The van der Waals surface area contributed by atoms with Crippen molar-refractivity contribution in [3.05, 3.63) is 0 Å². The van der Waals surface area contributed by atoms with E-state index in [-0.39, 0.29) is 11.9 Å². The summed E-state index contributed by atoms with van der Waals surface area (Å²) >= 11 is 0.